The minimum absolute atomic E-state index is 0.0962. The zero-order valence-corrected chi connectivity index (χ0v) is 18.1. The number of aryl methyl sites for hydroxylation is 1. The van der Waals surface area contributed by atoms with E-state index in [0.717, 1.165) is 11.3 Å². The van der Waals surface area contributed by atoms with Crippen molar-refractivity contribution in [3.63, 3.8) is 0 Å². The maximum absolute atomic E-state index is 13.9. The third-order valence-corrected chi connectivity index (χ3v) is 5.92. The van der Waals surface area contributed by atoms with Gasteiger partial charge in [-0.05, 0) is 49.4 Å². The molecule has 0 saturated carbocycles. The van der Waals surface area contributed by atoms with Crippen molar-refractivity contribution in [1.29, 1.82) is 0 Å². The fourth-order valence-corrected chi connectivity index (χ4v) is 4.17. The summed E-state index contributed by atoms with van der Waals surface area (Å²) in [5.41, 5.74) is 0.467. The fourth-order valence-electron chi connectivity index (χ4n) is 4.17. The number of benzene rings is 3. The molecule has 0 fully saturated rings. The van der Waals surface area contributed by atoms with E-state index in [1.54, 1.807) is 44.4 Å². The number of nitrogens with zero attached hydrogens (tertiary/aromatic N) is 2. The second kappa shape index (κ2) is 7.86. The smallest absolute Gasteiger partial charge is 0.268 e. The molecule has 1 amide bonds. The van der Waals surface area contributed by atoms with Crippen LogP contribution in [0.15, 0.2) is 77.2 Å². The summed E-state index contributed by atoms with van der Waals surface area (Å²) in [6.45, 7) is 1.87. The minimum atomic E-state index is -1.99. The molecule has 33 heavy (non-hydrogen) atoms. The van der Waals surface area contributed by atoms with Crippen LogP contribution in [0.3, 0.4) is 0 Å². The molecule has 1 aromatic heterocycles. The molecular weight excluding hydrogens is 423 g/mol. The Bertz CT molecular complexity index is 1350. The molecule has 2 heterocycles. The van der Waals surface area contributed by atoms with E-state index in [2.05, 4.69) is 4.98 Å². The first kappa shape index (κ1) is 20.9. The third kappa shape index (κ3) is 3.37. The fraction of sp³-hybridized carbons (Fsp3) is 0.154. The number of ether oxygens (including phenoxy) is 1. The van der Waals surface area contributed by atoms with Crippen LogP contribution in [0.5, 0.6) is 5.75 Å². The molecule has 0 saturated heterocycles. The summed E-state index contributed by atoms with van der Waals surface area (Å²) in [5, 5.41) is 11.5. The molecule has 166 valence electrons. The predicted molar refractivity (Wildman–Crippen MR) is 120 cm³/mol. The van der Waals surface area contributed by atoms with Gasteiger partial charge in [0.2, 0.25) is 5.89 Å². The number of amides is 1. The highest BCUT2D eigenvalue weighted by molar-refractivity contribution is 6.09. The van der Waals surface area contributed by atoms with Crippen molar-refractivity contribution in [3.05, 3.63) is 101 Å². The van der Waals surface area contributed by atoms with Crippen molar-refractivity contribution in [2.24, 2.45) is 0 Å². The van der Waals surface area contributed by atoms with E-state index in [1.807, 2.05) is 24.3 Å². The van der Waals surface area contributed by atoms with Crippen LogP contribution in [0.2, 0.25) is 0 Å². The number of aliphatic hydroxyl groups is 1. The molecule has 1 aliphatic rings. The number of anilines is 1. The quantitative estimate of drug-likeness (QED) is 0.488. The lowest BCUT2D eigenvalue weighted by atomic mass is 9.87. The summed E-state index contributed by atoms with van der Waals surface area (Å²) in [5.74, 6) is 0.611. The van der Waals surface area contributed by atoms with Crippen molar-refractivity contribution in [1.82, 2.24) is 4.98 Å². The number of hydrogen-bond acceptors (Lipinski definition) is 5. The number of para-hydroxylation sites is 1. The standard InChI is InChI=1S/C26H21FN2O4/c1-16-22(28-24(33-16)17-10-12-20(32-2)13-11-17)15-29-23-9-4-3-8-21(23)26(31,25(29)30)18-6-5-7-19(27)14-18/h3-14,31H,15H2,1-2H3/t26-/m0/s1. The van der Waals surface area contributed by atoms with E-state index in [4.69, 9.17) is 9.15 Å². The van der Waals surface area contributed by atoms with Gasteiger partial charge < -0.3 is 19.2 Å². The van der Waals surface area contributed by atoms with Crippen LogP contribution in [-0.4, -0.2) is 23.1 Å². The highest BCUT2D eigenvalue weighted by atomic mass is 19.1. The summed E-state index contributed by atoms with van der Waals surface area (Å²) >= 11 is 0. The van der Waals surface area contributed by atoms with Gasteiger partial charge in [0.1, 0.15) is 23.0 Å². The number of carbonyl (C=O) groups is 1. The van der Waals surface area contributed by atoms with Crippen LogP contribution in [0, 0.1) is 12.7 Å². The summed E-state index contributed by atoms with van der Waals surface area (Å²) in [6, 6.07) is 19.7. The number of rotatable bonds is 5. The van der Waals surface area contributed by atoms with E-state index in [1.165, 1.54) is 23.1 Å². The largest absolute Gasteiger partial charge is 0.497 e. The molecule has 7 heteroatoms. The lowest BCUT2D eigenvalue weighted by Gasteiger charge is -2.23. The monoisotopic (exact) mass is 444 g/mol. The van der Waals surface area contributed by atoms with Crippen LogP contribution in [-0.2, 0) is 16.9 Å². The Balaban J connectivity index is 1.52. The van der Waals surface area contributed by atoms with Gasteiger partial charge >= 0.3 is 0 Å². The van der Waals surface area contributed by atoms with Gasteiger partial charge in [-0.25, -0.2) is 9.37 Å². The maximum atomic E-state index is 13.9. The zero-order chi connectivity index (χ0) is 23.2. The highest BCUT2D eigenvalue weighted by Gasteiger charge is 2.51. The lowest BCUT2D eigenvalue weighted by Crippen LogP contribution is -2.41. The molecule has 4 aromatic rings. The predicted octanol–water partition coefficient (Wildman–Crippen LogP) is 4.58. The van der Waals surface area contributed by atoms with Gasteiger partial charge in [-0.1, -0.05) is 30.3 Å². The third-order valence-electron chi connectivity index (χ3n) is 5.92. The SMILES string of the molecule is COc1ccc(-c2nc(CN3C(=O)[C@](O)(c4cccc(F)c4)c4ccccc43)c(C)o2)cc1. The summed E-state index contributed by atoms with van der Waals surface area (Å²) in [6.07, 6.45) is 0. The molecule has 0 unspecified atom stereocenters. The second-order valence-electron chi connectivity index (χ2n) is 7.88. The van der Waals surface area contributed by atoms with E-state index < -0.39 is 17.3 Å². The zero-order valence-electron chi connectivity index (χ0n) is 18.1. The van der Waals surface area contributed by atoms with Gasteiger partial charge in [-0.2, -0.15) is 0 Å². The van der Waals surface area contributed by atoms with Crippen LogP contribution in [0.1, 0.15) is 22.6 Å². The molecule has 0 aliphatic carbocycles. The molecule has 3 aromatic carbocycles. The normalized spacial score (nSPS) is 17.3. The van der Waals surface area contributed by atoms with Crippen molar-refractivity contribution in [3.8, 4) is 17.2 Å². The number of aromatic nitrogens is 1. The van der Waals surface area contributed by atoms with Crippen molar-refractivity contribution >= 4 is 11.6 Å². The summed E-state index contributed by atoms with van der Waals surface area (Å²) in [7, 11) is 1.60. The number of methoxy groups -OCH3 is 1. The number of carbonyl (C=O) groups excluding carboxylic acids is 1. The minimum Gasteiger partial charge on any atom is -0.497 e. The molecule has 0 radical (unpaired) electrons. The Hall–Kier alpha value is -3.97. The van der Waals surface area contributed by atoms with Crippen LogP contribution < -0.4 is 9.64 Å². The average Bonchev–Trinajstić information content (AvgIpc) is 3.31. The number of fused-ring (bicyclic) bond motifs is 1. The van der Waals surface area contributed by atoms with E-state index in [-0.39, 0.29) is 12.1 Å². The van der Waals surface area contributed by atoms with Crippen molar-refractivity contribution in [2.75, 3.05) is 12.0 Å². The lowest BCUT2D eigenvalue weighted by molar-refractivity contribution is -0.132. The van der Waals surface area contributed by atoms with Crippen molar-refractivity contribution < 1.29 is 23.4 Å². The van der Waals surface area contributed by atoms with Gasteiger partial charge in [0.15, 0.2) is 5.60 Å². The van der Waals surface area contributed by atoms with Gasteiger partial charge in [0.25, 0.3) is 5.91 Å². The van der Waals surface area contributed by atoms with E-state index in [9.17, 15) is 14.3 Å². The average molecular weight is 444 g/mol. The Morgan fingerprint density at radius 2 is 1.85 bits per heavy atom. The van der Waals surface area contributed by atoms with Gasteiger partial charge in [-0.15, -0.1) is 0 Å². The Kier molecular flexibility index (Phi) is 4.98. The van der Waals surface area contributed by atoms with Crippen LogP contribution in [0.25, 0.3) is 11.5 Å². The molecule has 6 nitrogen and oxygen atoms in total. The Morgan fingerprint density at radius 3 is 2.58 bits per heavy atom. The molecule has 0 bridgehead atoms. The van der Waals surface area contributed by atoms with Crippen LogP contribution >= 0.6 is 0 Å². The van der Waals surface area contributed by atoms with Crippen LogP contribution in [0.4, 0.5) is 10.1 Å². The van der Waals surface area contributed by atoms with E-state index in [0.29, 0.717) is 28.6 Å². The number of oxazole rings is 1. The highest BCUT2D eigenvalue weighted by Crippen LogP contribution is 2.45. The van der Waals surface area contributed by atoms with Gasteiger partial charge in [0, 0.05) is 16.7 Å². The molecular formula is C26H21FN2O4. The first-order valence-corrected chi connectivity index (χ1v) is 10.4. The summed E-state index contributed by atoms with van der Waals surface area (Å²) < 4.78 is 25.0. The Morgan fingerprint density at radius 1 is 1.09 bits per heavy atom. The second-order valence-corrected chi connectivity index (χ2v) is 7.88. The number of hydrogen-bond donors (Lipinski definition) is 1. The molecule has 1 N–H and O–H groups in total. The molecule has 1 aliphatic heterocycles. The van der Waals surface area contributed by atoms with Crippen molar-refractivity contribution in [2.45, 2.75) is 19.1 Å². The molecule has 5 rings (SSSR count). The first-order valence-electron chi connectivity index (χ1n) is 10.4. The van der Waals surface area contributed by atoms with Gasteiger partial charge in [0.05, 0.1) is 19.3 Å². The first-order chi connectivity index (χ1) is 15.9. The maximum Gasteiger partial charge on any atom is 0.268 e. The molecule has 1 atom stereocenters. The summed E-state index contributed by atoms with van der Waals surface area (Å²) in [4.78, 5) is 19.6. The van der Waals surface area contributed by atoms with Gasteiger partial charge in [-0.3, -0.25) is 4.79 Å². The topological polar surface area (TPSA) is 75.8 Å². The Labute approximate surface area is 189 Å². The number of halogens is 1. The molecule has 0 spiro atoms. The van der Waals surface area contributed by atoms with E-state index >= 15 is 0 Å².